The quantitative estimate of drug-likeness (QED) is 0.405. The Morgan fingerprint density at radius 2 is 2.06 bits per heavy atom. The SMILES string of the molecule is NN1C(=O)CCC(NC(=O)c2ccncc2)C1=O. The van der Waals surface area contributed by atoms with E-state index in [1.54, 1.807) is 0 Å². The Labute approximate surface area is 103 Å². The number of imide groups is 1. The first-order chi connectivity index (χ1) is 8.59. The van der Waals surface area contributed by atoms with Gasteiger partial charge in [-0.1, -0.05) is 0 Å². The van der Waals surface area contributed by atoms with Crippen LogP contribution in [0.1, 0.15) is 23.2 Å². The topological polar surface area (TPSA) is 105 Å². The van der Waals surface area contributed by atoms with Crippen LogP contribution < -0.4 is 11.2 Å². The van der Waals surface area contributed by atoms with Crippen LogP contribution in [0.3, 0.4) is 0 Å². The van der Waals surface area contributed by atoms with E-state index in [2.05, 4.69) is 10.3 Å². The molecule has 1 aromatic heterocycles. The van der Waals surface area contributed by atoms with E-state index in [1.807, 2.05) is 0 Å². The van der Waals surface area contributed by atoms with Gasteiger partial charge in [-0.25, -0.2) is 10.9 Å². The van der Waals surface area contributed by atoms with E-state index >= 15 is 0 Å². The molecule has 1 unspecified atom stereocenters. The maximum atomic E-state index is 11.8. The molecule has 2 heterocycles. The third kappa shape index (κ3) is 2.35. The summed E-state index contributed by atoms with van der Waals surface area (Å²) in [5, 5.41) is 3.10. The number of hydrogen-bond acceptors (Lipinski definition) is 5. The first-order valence-electron chi connectivity index (χ1n) is 5.42. The highest BCUT2D eigenvalue weighted by atomic mass is 16.2. The van der Waals surface area contributed by atoms with Gasteiger partial charge >= 0.3 is 0 Å². The van der Waals surface area contributed by atoms with Gasteiger partial charge in [-0.05, 0) is 18.6 Å². The molecule has 7 nitrogen and oxygen atoms in total. The van der Waals surface area contributed by atoms with Crippen molar-refractivity contribution in [2.45, 2.75) is 18.9 Å². The Morgan fingerprint density at radius 3 is 2.72 bits per heavy atom. The van der Waals surface area contributed by atoms with Crippen LogP contribution in [-0.4, -0.2) is 33.8 Å². The molecule has 3 N–H and O–H groups in total. The average molecular weight is 248 g/mol. The third-order valence-corrected chi connectivity index (χ3v) is 2.70. The number of piperidine rings is 1. The van der Waals surface area contributed by atoms with Crippen molar-refractivity contribution in [2.24, 2.45) is 5.84 Å². The van der Waals surface area contributed by atoms with Crippen molar-refractivity contribution < 1.29 is 14.4 Å². The Hall–Kier alpha value is -2.28. The number of amides is 3. The standard InChI is InChI=1S/C11H12N4O3/c12-15-9(16)2-1-8(11(15)18)14-10(17)7-3-5-13-6-4-7/h3-6,8H,1-2,12H2,(H,14,17). The first kappa shape index (κ1) is 12.2. The number of pyridine rings is 1. The summed E-state index contributed by atoms with van der Waals surface area (Å²) in [6, 6.07) is 2.32. The predicted molar refractivity (Wildman–Crippen MR) is 60.8 cm³/mol. The molecule has 3 amide bonds. The fourth-order valence-corrected chi connectivity index (χ4v) is 1.68. The van der Waals surface area contributed by atoms with Gasteiger partial charge < -0.3 is 5.32 Å². The molecule has 1 aliphatic heterocycles. The zero-order chi connectivity index (χ0) is 13.1. The van der Waals surface area contributed by atoms with Crippen LogP contribution in [0.25, 0.3) is 0 Å². The van der Waals surface area contributed by atoms with Crippen molar-refractivity contribution in [1.29, 1.82) is 0 Å². The monoisotopic (exact) mass is 248 g/mol. The lowest BCUT2D eigenvalue weighted by molar-refractivity contribution is -0.150. The number of nitrogens with one attached hydrogen (secondary N) is 1. The van der Waals surface area contributed by atoms with Gasteiger partial charge in [0.2, 0.25) is 5.91 Å². The van der Waals surface area contributed by atoms with Crippen LogP contribution >= 0.6 is 0 Å². The van der Waals surface area contributed by atoms with Crippen molar-refractivity contribution in [3.8, 4) is 0 Å². The second-order valence-electron chi connectivity index (χ2n) is 3.90. The molecule has 7 heteroatoms. The van der Waals surface area contributed by atoms with Gasteiger partial charge in [-0.15, -0.1) is 0 Å². The molecule has 2 rings (SSSR count). The van der Waals surface area contributed by atoms with E-state index in [4.69, 9.17) is 5.84 Å². The fourth-order valence-electron chi connectivity index (χ4n) is 1.68. The fraction of sp³-hybridized carbons (Fsp3) is 0.273. The molecule has 0 aliphatic carbocycles. The van der Waals surface area contributed by atoms with Gasteiger partial charge in [-0.2, -0.15) is 0 Å². The maximum Gasteiger partial charge on any atom is 0.266 e. The summed E-state index contributed by atoms with van der Waals surface area (Å²) in [7, 11) is 0. The number of aromatic nitrogens is 1. The molecule has 18 heavy (non-hydrogen) atoms. The Kier molecular flexibility index (Phi) is 3.33. The van der Waals surface area contributed by atoms with Gasteiger partial charge in [0.25, 0.3) is 11.8 Å². The number of nitrogens with zero attached hydrogens (tertiary/aromatic N) is 2. The van der Waals surface area contributed by atoms with Crippen molar-refractivity contribution in [3.63, 3.8) is 0 Å². The van der Waals surface area contributed by atoms with Crippen LogP contribution in [0.4, 0.5) is 0 Å². The molecule has 0 spiro atoms. The lowest BCUT2D eigenvalue weighted by Gasteiger charge is -2.27. The molecule has 1 aliphatic rings. The third-order valence-electron chi connectivity index (χ3n) is 2.70. The van der Waals surface area contributed by atoms with Crippen LogP contribution in [0.2, 0.25) is 0 Å². The van der Waals surface area contributed by atoms with Crippen LogP contribution in [0.5, 0.6) is 0 Å². The zero-order valence-electron chi connectivity index (χ0n) is 9.50. The molecule has 0 saturated carbocycles. The smallest absolute Gasteiger partial charge is 0.266 e. The van der Waals surface area contributed by atoms with Gasteiger partial charge in [0.15, 0.2) is 0 Å². The summed E-state index contributed by atoms with van der Waals surface area (Å²) in [6.07, 6.45) is 3.37. The minimum atomic E-state index is -0.756. The van der Waals surface area contributed by atoms with E-state index < -0.39 is 23.8 Å². The Bertz CT molecular complexity index is 488. The number of carbonyl (C=O) groups excluding carboxylic acids is 3. The highest BCUT2D eigenvalue weighted by Gasteiger charge is 2.33. The van der Waals surface area contributed by atoms with Gasteiger partial charge in [0.05, 0.1) is 0 Å². The minimum Gasteiger partial charge on any atom is -0.340 e. The molecule has 1 saturated heterocycles. The normalized spacial score (nSPS) is 19.8. The van der Waals surface area contributed by atoms with E-state index in [-0.39, 0.29) is 12.8 Å². The lowest BCUT2D eigenvalue weighted by atomic mass is 10.1. The highest BCUT2D eigenvalue weighted by molar-refractivity contribution is 6.03. The van der Waals surface area contributed by atoms with E-state index in [9.17, 15) is 14.4 Å². The van der Waals surface area contributed by atoms with Crippen LogP contribution in [0, 0.1) is 0 Å². The summed E-state index contributed by atoms with van der Waals surface area (Å²) in [5.74, 6) is 3.88. The summed E-state index contributed by atoms with van der Waals surface area (Å²) in [6.45, 7) is 0. The second-order valence-corrected chi connectivity index (χ2v) is 3.90. The van der Waals surface area contributed by atoms with Crippen molar-refractivity contribution in [3.05, 3.63) is 30.1 Å². The molecule has 0 aromatic carbocycles. The maximum absolute atomic E-state index is 11.8. The number of hydrazine groups is 1. The lowest BCUT2D eigenvalue weighted by Crippen LogP contribution is -2.57. The number of carbonyl (C=O) groups is 3. The number of nitrogens with two attached hydrogens (primary N) is 1. The molecular formula is C11H12N4O3. The zero-order valence-corrected chi connectivity index (χ0v) is 9.50. The molecule has 94 valence electrons. The van der Waals surface area contributed by atoms with Crippen LogP contribution in [-0.2, 0) is 9.59 Å². The number of hydrogen-bond donors (Lipinski definition) is 2. The molecule has 1 fully saturated rings. The first-order valence-corrected chi connectivity index (χ1v) is 5.42. The van der Waals surface area contributed by atoms with Gasteiger partial charge in [0, 0.05) is 24.4 Å². The van der Waals surface area contributed by atoms with E-state index in [0.29, 0.717) is 10.6 Å². The van der Waals surface area contributed by atoms with Gasteiger partial charge in [0.1, 0.15) is 6.04 Å². The van der Waals surface area contributed by atoms with Gasteiger partial charge in [-0.3, -0.25) is 19.4 Å². The van der Waals surface area contributed by atoms with E-state index in [1.165, 1.54) is 24.5 Å². The number of rotatable bonds is 2. The van der Waals surface area contributed by atoms with Crippen molar-refractivity contribution >= 4 is 17.7 Å². The van der Waals surface area contributed by atoms with E-state index in [0.717, 1.165) is 0 Å². The van der Waals surface area contributed by atoms with Crippen LogP contribution in [0.15, 0.2) is 24.5 Å². The second kappa shape index (κ2) is 4.92. The molecular weight excluding hydrogens is 236 g/mol. The molecule has 0 bridgehead atoms. The summed E-state index contributed by atoms with van der Waals surface area (Å²) in [5.41, 5.74) is 0.401. The highest BCUT2D eigenvalue weighted by Crippen LogP contribution is 2.10. The summed E-state index contributed by atoms with van der Waals surface area (Å²) in [4.78, 5) is 38.4. The molecule has 1 atom stereocenters. The van der Waals surface area contributed by atoms with Crippen molar-refractivity contribution in [2.75, 3.05) is 0 Å². The summed E-state index contributed by atoms with van der Waals surface area (Å²) >= 11 is 0. The van der Waals surface area contributed by atoms with Crippen molar-refractivity contribution in [1.82, 2.24) is 15.3 Å². The molecule has 1 aromatic rings. The largest absolute Gasteiger partial charge is 0.340 e. The molecule has 0 radical (unpaired) electrons. The average Bonchev–Trinajstić information content (AvgIpc) is 2.40. The minimum absolute atomic E-state index is 0.142. The Morgan fingerprint density at radius 1 is 1.39 bits per heavy atom. The predicted octanol–water partition coefficient (Wildman–Crippen LogP) is -0.797. The Balaban J connectivity index is 2.04. The summed E-state index contributed by atoms with van der Waals surface area (Å²) < 4.78 is 0.